The highest BCUT2D eigenvalue weighted by Crippen LogP contribution is 2.39. The molecule has 7 heteroatoms. The average molecular weight is 340 g/mol. The first kappa shape index (κ1) is 16.2. The first-order valence-electron chi connectivity index (χ1n) is 9.06. The first-order chi connectivity index (χ1) is 12.2. The second kappa shape index (κ2) is 6.92. The number of hydrogen-bond donors (Lipinski definition) is 2. The van der Waals surface area contributed by atoms with Gasteiger partial charge in [-0.2, -0.15) is 0 Å². The monoisotopic (exact) mass is 340 g/mol. The minimum atomic E-state index is 0.104. The Labute approximate surface area is 147 Å². The lowest BCUT2D eigenvalue weighted by atomic mass is 9.67. The van der Waals surface area contributed by atoms with E-state index in [1.165, 1.54) is 19.3 Å². The molecule has 0 radical (unpaired) electrons. The number of carbonyl (C=O) groups excluding carboxylic acids is 1. The van der Waals surface area contributed by atoms with Gasteiger partial charge in [-0.25, -0.2) is 4.68 Å². The largest absolute Gasteiger partial charge is 0.353 e. The summed E-state index contributed by atoms with van der Waals surface area (Å²) in [5.74, 6) is 1.20. The summed E-state index contributed by atoms with van der Waals surface area (Å²) in [6, 6.07) is 8.37. The number of nitrogens with zero attached hydrogens (tertiary/aromatic N) is 4. The summed E-state index contributed by atoms with van der Waals surface area (Å²) < 4.78 is 1.59. The molecule has 2 atom stereocenters. The van der Waals surface area contributed by atoms with Crippen molar-refractivity contribution in [2.45, 2.75) is 50.6 Å². The summed E-state index contributed by atoms with van der Waals surface area (Å²) in [6.07, 6.45) is 7.69. The molecule has 7 nitrogen and oxygen atoms in total. The van der Waals surface area contributed by atoms with Crippen LogP contribution in [0, 0.1) is 11.8 Å². The molecule has 0 spiro atoms. The van der Waals surface area contributed by atoms with Crippen LogP contribution in [0.3, 0.4) is 0 Å². The fourth-order valence-corrected chi connectivity index (χ4v) is 4.49. The molecule has 0 aliphatic heterocycles. The summed E-state index contributed by atoms with van der Waals surface area (Å²) in [7, 11) is 0. The second-order valence-electron chi connectivity index (χ2n) is 7.37. The number of fused-ring (bicyclic) bond motifs is 2. The van der Waals surface area contributed by atoms with Crippen molar-refractivity contribution in [1.29, 1.82) is 0 Å². The van der Waals surface area contributed by atoms with Gasteiger partial charge in [0, 0.05) is 12.1 Å². The van der Waals surface area contributed by atoms with Crippen molar-refractivity contribution < 1.29 is 4.79 Å². The lowest BCUT2D eigenvalue weighted by Crippen LogP contribution is -2.54. The van der Waals surface area contributed by atoms with Crippen molar-refractivity contribution in [3.8, 4) is 5.69 Å². The molecule has 4 rings (SSSR count). The number of nitrogens with one attached hydrogen (secondary N) is 1. The molecule has 2 aliphatic rings. The van der Waals surface area contributed by atoms with Crippen LogP contribution in [0.5, 0.6) is 0 Å². The molecule has 1 heterocycles. The Morgan fingerprint density at radius 2 is 1.92 bits per heavy atom. The molecule has 2 unspecified atom stereocenters. The van der Waals surface area contributed by atoms with E-state index in [4.69, 9.17) is 5.73 Å². The number of hydrogen-bond acceptors (Lipinski definition) is 5. The minimum absolute atomic E-state index is 0.104. The molecule has 2 fully saturated rings. The van der Waals surface area contributed by atoms with Crippen LogP contribution in [0.25, 0.3) is 5.69 Å². The van der Waals surface area contributed by atoms with E-state index in [2.05, 4.69) is 20.8 Å². The van der Waals surface area contributed by atoms with E-state index in [-0.39, 0.29) is 5.91 Å². The zero-order chi connectivity index (χ0) is 17.2. The van der Waals surface area contributed by atoms with E-state index >= 15 is 0 Å². The van der Waals surface area contributed by atoms with Crippen molar-refractivity contribution in [1.82, 2.24) is 25.5 Å². The number of tetrazole rings is 1. The highest BCUT2D eigenvalue weighted by atomic mass is 16.1. The molecule has 1 amide bonds. The Balaban J connectivity index is 1.37. The summed E-state index contributed by atoms with van der Waals surface area (Å²) in [4.78, 5) is 12.5. The normalized spacial score (nSPS) is 28.5. The predicted molar refractivity (Wildman–Crippen MR) is 92.8 cm³/mol. The maximum atomic E-state index is 12.5. The third-order valence-corrected chi connectivity index (χ3v) is 5.62. The molecular formula is C18H24N6O. The molecule has 1 aromatic carbocycles. The van der Waals surface area contributed by atoms with Gasteiger partial charge < -0.3 is 11.1 Å². The van der Waals surface area contributed by atoms with Gasteiger partial charge in [-0.15, -0.1) is 5.10 Å². The zero-order valence-electron chi connectivity index (χ0n) is 14.2. The maximum Gasteiger partial charge on any atom is 0.224 e. The number of benzene rings is 1. The summed E-state index contributed by atoms with van der Waals surface area (Å²) in [5, 5.41) is 14.4. The van der Waals surface area contributed by atoms with Gasteiger partial charge in [0.15, 0.2) is 0 Å². The SMILES string of the molecule is NC1CC2CCCC(C1)C2NC(=O)Cc1ccc(-n2cnnn2)cc1. The molecule has 3 N–H and O–H groups in total. The average Bonchev–Trinajstić information content (AvgIpc) is 3.11. The van der Waals surface area contributed by atoms with Gasteiger partial charge in [-0.3, -0.25) is 4.79 Å². The Bertz CT molecular complexity index is 700. The van der Waals surface area contributed by atoms with Gasteiger partial charge >= 0.3 is 0 Å². The van der Waals surface area contributed by atoms with Crippen molar-refractivity contribution in [3.63, 3.8) is 0 Å². The fourth-order valence-electron chi connectivity index (χ4n) is 4.49. The number of amides is 1. The quantitative estimate of drug-likeness (QED) is 0.872. The zero-order valence-corrected chi connectivity index (χ0v) is 14.2. The highest BCUT2D eigenvalue weighted by Gasteiger charge is 2.39. The number of rotatable bonds is 4. The molecule has 0 saturated heterocycles. The van der Waals surface area contributed by atoms with E-state index in [0.29, 0.717) is 30.3 Å². The van der Waals surface area contributed by atoms with E-state index in [1.807, 2.05) is 24.3 Å². The van der Waals surface area contributed by atoms with Crippen LogP contribution in [-0.2, 0) is 11.2 Å². The van der Waals surface area contributed by atoms with Crippen molar-refractivity contribution in [3.05, 3.63) is 36.2 Å². The summed E-state index contributed by atoms with van der Waals surface area (Å²) in [6.45, 7) is 0. The number of aromatic nitrogens is 4. The molecule has 2 aromatic rings. The molecule has 132 valence electrons. The first-order valence-corrected chi connectivity index (χ1v) is 9.06. The van der Waals surface area contributed by atoms with Crippen molar-refractivity contribution in [2.24, 2.45) is 17.6 Å². The number of nitrogens with two attached hydrogens (primary N) is 1. The molecule has 1 aromatic heterocycles. The van der Waals surface area contributed by atoms with Crippen LogP contribution in [-0.4, -0.2) is 38.2 Å². The van der Waals surface area contributed by atoms with E-state index in [0.717, 1.165) is 24.1 Å². The fraction of sp³-hybridized carbons (Fsp3) is 0.556. The van der Waals surface area contributed by atoms with Crippen molar-refractivity contribution in [2.75, 3.05) is 0 Å². The smallest absolute Gasteiger partial charge is 0.224 e. The third-order valence-electron chi connectivity index (χ3n) is 5.62. The third kappa shape index (κ3) is 3.56. The molecule has 2 bridgehead atoms. The topological polar surface area (TPSA) is 98.7 Å². The van der Waals surface area contributed by atoms with Gasteiger partial charge in [0.2, 0.25) is 5.91 Å². The summed E-state index contributed by atoms with van der Waals surface area (Å²) in [5.41, 5.74) is 8.04. The lowest BCUT2D eigenvalue weighted by Gasteiger charge is -2.45. The van der Waals surface area contributed by atoms with E-state index < -0.39 is 0 Å². The Hall–Kier alpha value is -2.28. The Morgan fingerprint density at radius 1 is 1.20 bits per heavy atom. The Kier molecular flexibility index (Phi) is 4.48. The Morgan fingerprint density at radius 3 is 2.56 bits per heavy atom. The van der Waals surface area contributed by atoms with Crippen molar-refractivity contribution >= 4 is 5.91 Å². The van der Waals surface area contributed by atoms with Crippen LogP contribution >= 0.6 is 0 Å². The molecule has 2 saturated carbocycles. The van der Waals surface area contributed by atoms with Gasteiger partial charge in [-0.1, -0.05) is 18.6 Å². The predicted octanol–water partition coefficient (Wildman–Crippen LogP) is 1.23. The molecule has 25 heavy (non-hydrogen) atoms. The minimum Gasteiger partial charge on any atom is -0.353 e. The standard InChI is InChI=1S/C18H24N6O/c19-15-9-13-2-1-3-14(10-15)18(13)21-17(25)8-12-4-6-16(7-5-12)24-11-20-22-23-24/h4-7,11,13-15,18H,1-3,8-10,19H2,(H,21,25). The van der Waals surface area contributed by atoms with Gasteiger partial charge in [-0.05, 0) is 65.6 Å². The van der Waals surface area contributed by atoms with Crippen LogP contribution in [0.2, 0.25) is 0 Å². The van der Waals surface area contributed by atoms with Crippen LogP contribution in [0.4, 0.5) is 0 Å². The molecule has 2 aliphatic carbocycles. The van der Waals surface area contributed by atoms with Crippen LogP contribution in [0.15, 0.2) is 30.6 Å². The maximum absolute atomic E-state index is 12.5. The van der Waals surface area contributed by atoms with Crippen LogP contribution in [0.1, 0.15) is 37.7 Å². The summed E-state index contributed by atoms with van der Waals surface area (Å²) >= 11 is 0. The van der Waals surface area contributed by atoms with E-state index in [1.54, 1.807) is 11.0 Å². The second-order valence-corrected chi connectivity index (χ2v) is 7.37. The van der Waals surface area contributed by atoms with E-state index in [9.17, 15) is 4.79 Å². The highest BCUT2D eigenvalue weighted by molar-refractivity contribution is 5.79. The molecular weight excluding hydrogens is 316 g/mol. The van der Waals surface area contributed by atoms with Gasteiger partial charge in [0.05, 0.1) is 12.1 Å². The lowest BCUT2D eigenvalue weighted by molar-refractivity contribution is -0.122. The van der Waals surface area contributed by atoms with Crippen LogP contribution < -0.4 is 11.1 Å². The number of carbonyl (C=O) groups is 1. The van der Waals surface area contributed by atoms with Gasteiger partial charge in [0.25, 0.3) is 0 Å². The van der Waals surface area contributed by atoms with Gasteiger partial charge in [0.1, 0.15) is 6.33 Å².